The molecule has 2 heterocycles. The zero-order valence-corrected chi connectivity index (χ0v) is 20.7. The first-order chi connectivity index (χ1) is 15.8. The first kappa shape index (κ1) is 26.3. The van der Waals surface area contributed by atoms with Gasteiger partial charge in [-0.3, -0.25) is 4.79 Å². The monoisotopic (exact) mass is 458 g/mol. The van der Waals surface area contributed by atoms with Crippen LogP contribution < -0.4 is 25.0 Å². The second-order valence-electron chi connectivity index (χ2n) is 8.82. The smallest absolute Gasteiger partial charge is 0.293 e. The van der Waals surface area contributed by atoms with Gasteiger partial charge in [-0.25, -0.2) is 4.98 Å². The molecule has 8 heteroatoms. The number of anilines is 2. The molecule has 182 valence electrons. The lowest BCUT2D eigenvalue weighted by atomic mass is 10.0. The minimum Gasteiger partial charge on any atom is -0.497 e. The molecule has 3 rings (SSSR count). The maximum atomic E-state index is 9.60. The Morgan fingerprint density at radius 2 is 1.91 bits per heavy atom. The number of carbonyl (C=O) groups is 1. The van der Waals surface area contributed by atoms with Crippen LogP contribution in [0.3, 0.4) is 0 Å². The number of hydrogen-bond donors (Lipinski definition) is 2. The van der Waals surface area contributed by atoms with Gasteiger partial charge in [-0.15, -0.1) is 0 Å². The van der Waals surface area contributed by atoms with Gasteiger partial charge in [0.25, 0.3) is 6.47 Å². The van der Waals surface area contributed by atoms with E-state index < -0.39 is 0 Å². The van der Waals surface area contributed by atoms with Gasteiger partial charge in [0.2, 0.25) is 0 Å². The van der Waals surface area contributed by atoms with Crippen LogP contribution in [0.15, 0.2) is 36.5 Å². The Bertz CT molecular complexity index is 864. The summed E-state index contributed by atoms with van der Waals surface area (Å²) in [6.45, 7) is 8.70. The van der Waals surface area contributed by atoms with E-state index in [0.29, 0.717) is 19.1 Å². The Labute approximate surface area is 197 Å². The van der Waals surface area contributed by atoms with Crippen molar-refractivity contribution < 1.29 is 19.0 Å². The van der Waals surface area contributed by atoms with Gasteiger partial charge in [0.1, 0.15) is 22.9 Å². The molecule has 1 aliphatic rings. The molecule has 0 unspecified atom stereocenters. The van der Waals surface area contributed by atoms with E-state index >= 15 is 0 Å². The van der Waals surface area contributed by atoms with Crippen molar-refractivity contribution in [3.8, 4) is 11.5 Å². The number of aromatic nitrogens is 1. The van der Waals surface area contributed by atoms with E-state index in [-0.39, 0.29) is 5.60 Å². The van der Waals surface area contributed by atoms with E-state index in [1.54, 1.807) is 14.2 Å². The Morgan fingerprint density at radius 1 is 1.18 bits per heavy atom. The number of nitrogens with one attached hydrogen (secondary N) is 2. The molecule has 0 radical (unpaired) electrons. The second-order valence-corrected chi connectivity index (χ2v) is 8.82. The quantitative estimate of drug-likeness (QED) is 0.577. The van der Waals surface area contributed by atoms with Crippen molar-refractivity contribution in [3.63, 3.8) is 0 Å². The first-order valence-corrected chi connectivity index (χ1v) is 11.2. The molecule has 8 nitrogen and oxygen atoms in total. The van der Waals surface area contributed by atoms with E-state index in [1.807, 2.05) is 51.2 Å². The van der Waals surface area contributed by atoms with Gasteiger partial charge >= 0.3 is 0 Å². The molecule has 1 aromatic carbocycles. The van der Waals surface area contributed by atoms with Crippen molar-refractivity contribution in [2.45, 2.75) is 51.8 Å². The van der Waals surface area contributed by atoms with Crippen molar-refractivity contribution in [2.24, 2.45) is 0 Å². The molecule has 2 N–H and O–H groups in total. The lowest BCUT2D eigenvalue weighted by Gasteiger charge is -2.34. The van der Waals surface area contributed by atoms with Gasteiger partial charge in [0, 0.05) is 37.5 Å². The predicted octanol–water partition coefficient (Wildman–Crippen LogP) is 3.86. The Hall–Kier alpha value is -3.00. The van der Waals surface area contributed by atoms with Gasteiger partial charge in [0.15, 0.2) is 0 Å². The number of carbonyl (C=O) groups excluding carboxylic acids is 1. The Kier molecular flexibility index (Phi) is 10.3. The minimum atomic E-state index is -0.318. The first-order valence-electron chi connectivity index (χ1n) is 11.2. The van der Waals surface area contributed by atoms with Gasteiger partial charge in [-0.05, 0) is 71.0 Å². The molecule has 0 saturated carbocycles. The third kappa shape index (κ3) is 8.46. The summed E-state index contributed by atoms with van der Waals surface area (Å²) in [5, 5.41) is 6.89. The number of hydrogen-bond acceptors (Lipinski definition) is 8. The normalized spacial score (nSPS) is 13.9. The molecular weight excluding hydrogens is 420 g/mol. The number of nitrogens with zero attached hydrogens (tertiary/aromatic N) is 2. The second kappa shape index (κ2) is 12.9. The molecule has 0 amide bonds. The molecule has 0 aliphatic carbocycles. The van der Waals surface area contributed by atoms with Gasteiger partial charge in [-0.1, -0.05) is 0 Å². The van der Waals surface area contributed by atoms with E-state index in [9.17, 15) is 4.79 Å². The van der Waals surface area contributed by atoms with E-state index in [1.165, 1.54) is 0 Å². The summed E-state index contributed by atoms with van der Waals surface area (Å²) in [6.07, 6.45) is 4.13. The summed E-state index contributed by atoms with van der Waals surface area (Å²) in [5.74, 6) is 2.49. The van der Waals surface area contributed by atoms with Crippen LogP contribution in [-0.4, -0.2) is 57.5 Å². The summed E-state index contributed by atoms with van der Waals surface area (Å²) < 4.78 is 15.3. The summed E-state index contributed by atoms with van der Waals surface area (Å²) in [5.41, 5.74) is 1.88. The SMILES string of the molecule is CC(C)(C)OC=O.COc1ccc(CNc2ncccc2N(C)C2CCNCC2)c(OC)c1. The average Bonchev–Trinajstić information content (AvgIpc) is 2.82. The number of piperidine rings is 1. The highest BCUT2D eigenvalue weighted by Gasteiger charge is 2.20. The minimum absolute atomic E-state index is 0.318. The number of methoxy groups -OCH3 is 2. The van der Waals surface area contributed by atoms with Crippen LogP contribution >= 0.6 is 0 Å². The largest absolute Gasteiger partial charge is 0.497 e. The molecule has 1 saturated heterocycles. The van der Waals surface area contributed by atoms with Crippen LogP contribution in [0.25, 0.3) is 0 Å². The van der Waals surface area contributed by atoms with Crippen LogP contribution in [0, 0.1) is 0 Å². The van der Waals surface area contributed by atoms with Gasteiger partial charge < -0.3 is 29.7 Å². The highest BCUT2D eigenvalue weighted by atomic mass is 16.5. The number of pyridine rings is 1. The Balaban J connectivity index is 0.000000479. The molecule has 1 aromatic heterocycles. The molecule has 1 aliphatic heterocycles. The van der Waals surface area contributed by atoms with Crippen molar-refractivity contribution in [1.82, 2.24) is 10.3 Å². The molecule has 1 fully saturated rings. The van der Waals surface area contributed by atoms with Gasteiger partial charge in [-0.2, -0.15) is 0 Å². The molecular formula is C25H38N4O4. The predicted molar refractivity (Wildman–Crippen MR) is 132 cm³/mol. The standard InChI is InChI=1S/C20H28N4O2.C5H10O2/c1-24(16-8-11-21-12-9-16)18-5-4-10-22-20(18)23-14-15-6-7-17(25-2)13-19(15)26-3;1-5(2,3)7-4-6/h4-7,10,13,16,21H,8-9,11-12,14H2,1-3H3,(H,22,23);4H,1-3H3. The van der Waals surface area contributed by atoms with E-state index in [0.717, 1.165) is 54.5 Å². The Morgan fingerprint density at radius 3 is 2.48 bits per heavy atom. The van der Waals surface area contributed by atoms with E-state index in [2.05, 4.69) is 38.4 Å². The molecule has 33 heavy (non-hydrogen) atoms. The fourth-order valence-electron chi connectivity index (χ4n) is 3.53. The fraction of sp³-hybridized carbons (Fsp3) is 0.520. The summed E-state index contributed by atoms with van der Waals surface area (Å²) >= 11 is 0. The highest BCUT2D eigenvalue weighted by Crippen LogP contribution is 2.29. The maximum absolute atomic E-state index is 9.60. The maximum Gasteiger partial charge on any atom is 0.293 e. The highest BCUT2D eigenvalue weighted by molar-refractivity contribution is 5.66. The van der Waals surface area contributed by atoms with Gasteiger partial charge in [0.05, 0.1) is 19.9 Å². The topological polar surface area (TPSA) is 85.0 Å². The van der Waals surface area contributed by atoms with Crippen LogP contribution in [-0.2, 0) is 16.1 Å². The number of rotatable bonds is 8. The number of ether oxygens (including phenoxy) is 3. The van der Waals surface area contributed by atoms with Crippen LogP contribution in [0.1, 0.15) is 39.2 Å². The molecule has 0 spiro atoms. The van der Waals surface area contributed by atoms with Crippen molar-refractivity contribution in [3.05, 3.63) is 42.1 Å². The molecule has 0 bridgehead atoms. The zero-order chi connectivity index (χ0) is 24.3. The van der Waals surface area contributed by atoms with Crippen LogP contribution in [0.5, 0.6) is 11.5 Å². The summed E-state index contributed by atoms with van der Waals surface area (Å²) in [6, 6.07) is 10.5. The van der Waals surface area contributed by atoms with Crippen molar-refractivity contribution in [1.29, 1.82) is 0 Å². The third-order valence-electron chi connectivity index (χ3n) is 5.36. The van der Waals surface area contributed by atoms with Crippen molar-refractivity contribution >= 4 is 18.0 Å². The summed E-state index contributed by atoms with van der Waals surface area (Å²) in [7, 11) is 5.49. The van der Waals surface area contributed by atoms with Crippen molar-refractivity contribution in [2.75, 3.05) is 44.6 Å². The number of benzene rings is 1. The third-order valence-corrected chi connectivity index (χ3v) is 5.36. The molecule has 2 aromatic rings. The lowest BCUT2D eigenvalue weighted by Crippen LogP contribution is -2.41. The van der Waals surface area contributed by atoms with Crippen LogP contribution in [0.4, 0.5) is 11.5 Å². The fourth-order valence-corrected chi connectivity index (χ4v) is 3.53. The summed E-state index contributed by atoms with van der Waals surface area (Å²) in [4.78, 5) is 16.5. The zero-order valence-electron chi connectivity index (χ0n) is 20.7. The lowest BCUT2D eigenvalue weighted by molar-refractivity contribution is -0.138. The molecule has 0 atom stereocenters. The van der Waals surface area contributed by atoms with Crippen LogP contribution in [0.2, 0.25) is 0 Å². The average molecular weight is 459 g/mol. The van der Waals surface area contributed by atoms with E-state index in [4.69, 9.17) is 9.47 Å².